The van der Waals surface area contributed by atoms with Gasteiger partial charge in [0, 0.05) is 12.1 Å². The van der Waals surface area contributed by atoms with Crippen LogP contribution in [0.2, 0.25) is 0 Å². The number of hydrogen-bond acceptors (Lipinski definition) is 4. The quantitative estimate of drug-likeness (QED) is 0.363. The van der Waals surface area contributed by atoms with E-state index in [0.717, 1.165) is 19.3 Å². The van der Waals surface area contributed by atoms with E-state index in [1.165, 1.54) is 28.7 Å². The van der Waals surface area contributed by atoms with Crippen molar-refractivity contribution in [1.82, 2.24) is 0 Å². The van der Waals surface area contributed by atoms with E-state index in [1.807, 2.05) is 0 Å². The number of nitro groups is 1. The van der Waals surface area contributed by atoms with Crippen LogP contribution in [0.5, 0.6) is 0 Å². The largest absolute Gasteiger partial charge is 0.274 e. The molecule has 2 amide bonds. The fourth-order valence-electron chi connectivity index (χ4n) is 5.45. The van der Waals surface area contributed by atoms with Gasteiger partial charge >= 0.3 is 0 Å². The van der Waals surface area contributed by atoms with Gasteiger partial charge in [-0.3, -0.25) is 19.7 Å². The van der Waals surface area contributed by atoms with Crippen LogP contribution >= 0.6 is 0 Å². The molecule has 0 aromatic heterocycles. The zero-order valence-electron chi connectivity index (χ0n) is 14.1. The molecule has 4 unspecified atom stereocenters. The van der Waals surface area contributed by atoms with Crippen molar-refractivity contribution in [3.05, 3.63) is 58.2 Å². The molecule has 6 heteroatoms. The van der Waals surface area contributed by atoms with Crippen molar-refractivity contribution in [2.75, 3.05) is 4.90 Å². The Labute approximate surface area is 150 Å². The summed E-state index contributed by atoms with van der Waals surface area (Å²) in [6.07, 6.45) is 9.81. The van der Waals surface area contributed by atoms with Crippen LogP contribution in [0.4, 0.5) is 11.4 Å². The van der Waals surface area contributed by atoms with Crippen LogP contribution in [0.1, 0.15) is 19.3 Å². The fourth-order valence-corrected chi connectivity index (χ4v) is 5.45. The van der Waals surface area contributed by atoms with Gasteiger partial charge in [-0.1, -0.05) is 29.9 Å². The van der Waals surface area contributed by atoms with E-state index in [4.69, 9.17) is 0 Å². The molecule has 26 heavy (non-hydrogen) atoms. The lowest BCUT2D eigenvalue weighted by Crippen LogP contribution is -2.34. The number of fused-ring (bicyclic) bond motifs is 5. The summed E-state index contributed by atoms with van der Waals surface area (Å²) in [5.41, 5.74) is 1.59. The molecule has 3 aliphatic carbocycles. The molecule has 4 aliphatic rings. The monoisotopic (exact) mass is 350 g/mol. The van der Waals surface area contributed by atoms with Gasteiger partial charge in [-0.15, -0.1) is 0 Å². The molecule has 6 nitrogen and oxygen atoms in total. The topological polar surface area (TPSA) is 80.5 Å². The molecule has 5 rings (SSSR count). The van der Waals surface area contributed by atoms with Crippen LogP contribution in [-0.2, 0) is 9.59 Å². The second-order valence-electron chi connectivity index (χ2n) is 7.58. The van der Waals surface area contributed by atoms with E-state index in [1.54, 1.807) is 6.07 Å². The Hall–Kier alpha value is -2.76. The molecule has 132 valence electrons. The minimum atomic E-state index is -0.511. The van der Waals surface area contributed by atoms with Crippen molar-refractivity contribution in [1.29, 1.82) is 0 Å². The van der Waals surface area contributed by atoms with Gasteiger partial charge < -0.3 is 0 Å². The highest BCUT2D eigenvalue weighted by molar-refractivity contribution is 6.23. The Morgan fingerprint density at radius 2 is 1.73 bits per heavy atom. The van der Waals surface area contributed by atoms with Crippen molar-refractivity contribution < 1.29 is 14.5 Å². The highest BCUT2D eigenvalue weighted by atomic mass is 16.6. The maximum absolute atomic E-state index is 13.1. The zero-order valence-corrected chi connectivity index (χ0v) is 14.1. The van der Waals surface area contributed by atoms with Crippen LogP contribution in [-0.4, -0.2) is 16.7 Å². The Morgan fingerprint density at radius 1 is 1.04 bits per heavy atom. The van der Waals surface area contributed by atoms with E-state index in [9.17, 15) is 19.7 Å². The molecule has 0 spiro atoms. The Balaban J connectivity index is 1.50. The number of imide groups is 1. The van der Waals surface area contributed by atoms with Gasteiger partial charge in [0.1, 0.15) is 0 Å². The third kappa shape index (κ3) is 1.92. The summed E-state index contributed by atoms with van der Waals surface area (Å²) in [4.78, 5) is 37.9. The number of nitro benzene ring substituents is 1. The van der Waals surface area contributed by atoms with E-state index < -0.39 is 4.92 Å². The molecule has 1 aromatic carbocycles. The lowest BCUT2D eigenvalue weighted by atomic mass is 9.85. The van der Waals surface area contributed by atoms with Crippen LogP contribution in [0.3, 0.4) is 0 Å². The van der Waals surface area contributed by atoms with E-state index >= 15 is 0 Å². The zero-order chi connectivity index (χ0) is 18.0. The summed E-state index contributed by atoms with van der Waals surface area (Å²) < 4.78 is 0. The lowest BCUT2D eigenvalue weighted by molar-refractivity contribution is -0.384. The Kier molecular flexibility index (Phi) is 3.20. The van der Waals surface area contributed by atoms with Crippen LogP contribution < -0.4 is 4.90 Å². The third-order valence-electron chi connectivity index (χ3n) is 6.42. The fraction of sp³-hybridized carbons (Fsp3) is 0.400. The number of non-ortho nitro benzene ring substituents is 1. The summed E-state index contributed by atoms with van der Waals surface area (Å²) >= 11 is 0. The standard InChI is InChI=1S/C20H18N2O4/c23-19-17-14-8-9-15(16(14)11-4-1-2-5-11)18(17)20(24)21(19)12-6-3-7-13(10-12)22(25)26/h3-4,6-10,14-18H,1-2,5H2. The normalized spacial score (nSPS) is 34.5. The molecule has 1 saturated carbocycles. The van der Waals surface area contributed by atoms with Crippen molar-refractivity contribution >= 4 is 23.2 Å². The highest BCUT2D eigenvalue weighted by Gasteiger charge is 2.64. The van der Waals surface area contributed by atoms with Crippen molar-refractivity contribution in [3.63, 3.8) is 0 Å². The van der Waals surface area contributed by atoms with Gasteiger partial charge in [-0.05, 0) is 43.1 Å². The van der Waals surface area contributed by atoms with Gasteiger partial charge in [-0.25, -0.2) is 4.90 Å². The molecule has 1 heterocycles. The smallest absolute Gasteiger partial charge is 0.271 e. The predicted octanol–water partition coefficient (Wildman–Crippen LogP) is 3.24. The summed E-state index contributed by atoms with van der Waals surface area (Å²) in [6, 6.07) is 5.78. The molecule has 4 atom stereocenters. The Bertz CT molecular complexity index is 871. The number of nitrogens with zero attached hydrogens (tertiary/aromatic N) is 2. The van der Waals surface area contributed by atoms with Crippen LogP contribution in [0.15, 0.2) is 48.1 Å². The molecular weight excluding hydrogens is 332 g/mol. The average Bonchev–Trinajstić information content (AvgIpc) is 3.38. The molecule has 1 aliphatic heterocycles. The molecule has 1 aromatic rings. The third-order valence-corrected chi connectivity index (χ3v) is 6.42. The minimum Gasteiger partial charge on any atom is -0.274 e. The van der Waals surface area contributed by atoms with Crippen molar-refractivity contribution in [3.8, 4) is 0 Å². The summed E-state index contributed by atoms with van der Waals surface area (Å²) in [7, 11) is 0. The maximum atomic E-state index is 13.1. The predicted molar refractivity (Wildman–Crippen MR) is 94.1 cm³/mol. The number of rotatable bonds is 3. The van der Waals surface area contributed by atoms with Gasteiger partial charge in [0.05, 0.1) is 22.4 Å². The first kappa shape index (κ1) is 15.5. The van der Waals surface area contributed by atoms with Gasteiger partial charge in [0.15, 0.2) is 0 Å². The van der Waals surface area contributed by atoms with Crippen LogP contribution in [0, 0.1) is 39.7 Å². The Morgan fingerprint density at radius 3 is 2.31 bits per heavy atom. The molecular formula is C20H18N2O4. The number of amides is 2. The number of anilines is 1. The van der Waals surface area contributed by atoms with Crippen molar-refractivity contribution in [2.24, 2.45) is 29.6 Å². The van der Waals surface area contributed by atoms with E-state index in [0.29, 0.717) is 5.69 Å². The van der Waals surface area contributed by atoms with Gasteiger partial charge in [0.25, 0.3) is 5.69 Å². The van der Waals surface area contributed by atoms with Crippen molar-refractivity contribution in [2.45, 2.75) is 19.3 Å². The summed E-state index contributed by atoms with van der Waals surface area (Å²) in [5.74, 6) is -0.634. The summed E-state index contributed by atoms with van der Waals surface area (Å²) in [5, 5.41) is 11.0. The maximum Gasteiger partial charge on any atom is 0.271 e. The number of benzene rings is 1. The highest BCUT2D eigenvalue weighted by Crippen LogP contribution is 2.59. The molecule has 2 fully saturated rings. The molecule has 1 saturated heterocycles. The number of allylic oxidation sites excluding steroid dienone is 4. The van der Waals surface area contributed by atoms with E-state index in [-0.39, 0.29) is 47.1 Å². The van der Waals surface area contributed by atoms with Crippen LogP contribution in [0.25, 0.3) is 0 Å². The lowest BCUT2D eigenvalue weighted by Gasteiger charge is -2.23. The molecule has 2 bridgehead atoms. The first-order valence-electron chi connectivity index (χ1n) is 9.07. The second kappa shape index (κ2) is 5.37. The number of hydrogen-bond donors (Lipinski definition) is 0. The second-order valence-corrected chi connectivity index (χ2v) is 7.58. The minimum absolute atomic E-state index is 0.0782. The van der Waals surface area contributed by atoms with E-state index in [2.05, 4.69) is 18.2 Å². The SMILES string of the molecule is O=C1C2C3C=CC(C3C3=CCCC3)C2C(=O)N1c1cccc([N+](=O)[O-])c1. The van der Waals surface area contributed by atoms with Gasteiger partial charge in [0.2, 0.25) is 11.8 Å². The van der Waals surface area contributed by atoms with Gasteiger partial charge in [-0.2, -0.15) is 0 Å². The number of carbonyl (C=O) groups is 2. The first-order valence-corrected chi connectivity index (χ1v) is 9.07. The average molecular weight is 350 g/mol. The molecule has 0 N–H and O–H groups in total. The first-order chi connectivity index (χ1) is 12.6. The molecule has 0 radical (unpaired) electrons. The summed E-state index contributed by atoms with van der Waals surface area (Å²) in [6.45, 7) is 0. The number of carbonyl (C=O) groups excluding carboxylic acids is 2.